The summed E-state index contributed by atoms with van der Waals surface area (Å²) in [5.74, 6) is 0.137. The van der Waals surface area contributed by atoms with Crippen molar-refractivity contribution in [3.63, 3.8) is 0 Å². The zero-order valence-electron chi connectivity index (χ0n) is 7.44. The fourth-order valence-corrected chi connectivity index (χ4v) is 3.06. The number of nitrogens with two attached hydrogens (primary N) is 1. The van der Waals surface area contributed by atoms with Gasteiger partial charge in [0.25, 0.3) is 0 Å². The van der Waals surface area contributed by atoms with Gasteiger partial charge in [0.2, 0.25) is 0 Å². The summed E-state index contributed by atoms with van der Waals surface area (Å²) in [6.45, 7) is 0. The van der Waals surface area contributed by atoms with Crippen LogP contribution in [0.15, 0.2) is 27.4 Å². The molecular weight excluding hydrogens is 262 g/mol. The average molecular weight is 272 g/mol. The predicted octanol–water partition coefficient (Wildman–Crippen LogP) is 2.60. The molecule has 1 aromatic rings. The van der Waals surface area contributed by atoms with Crippen LogP contribution in [0.1, 0.15) is 16.8 Å². The van der Waals surface area contributed by atoms with E-state index in [0.29, 0.717) is 0 Å². The van der Waals surface area contributed by atoms with E-state index in [0.717, 1.165) is 16.5 Å². The normalized spacial score (nSPS) is 25.6. The highest BCUT2D eigenvalue weighted by Gasteiger charge is 2.25. The molecule has 2 N–H and O–H groups in total. The molecule has 0 bridgehead atoms. The van der Waals surface area contributed by atoms with E-state index in [1.54, 1.807) is 0 Å². The lowest BCUT2D eigenvalue weighted by atomic mass is 9.98. The number of rotatable bonds is 2. The Kier molecular flexibility index (Phi) is 2.85. The molecule has 1 aromatic heterocycles. The first-order chi connectivity index (χ1) is 6.68. The van der Waals surface area contributed by atoms with Gasteiger partial charge in [0.1, 0.15) is 0 Å². The minimum absolute atomic E-state index is 0.0316. The number of ketones is 1. The molecular formula is C10H10BrNOS. The third kappa shape index (κ3) is 1.82. The van der Waals surface area contributed by atoms with Crippen LogP contribution in [0.25, 0.3) is 0 Å². The van der Waals surface area contributed by atoms with Gasteiger partial charge in [0.15, 0.2) is 5.78 Å². The number of Topliss-reactive ketones (excluding diaryl/α,β-unsaturated/α-hetero) is 1. The Morgan fingerprint density at radius 1 is 1.50 bits per heavy atom. The van der Waals surface area contributed by atoms with Crippen LogP contribution < -0.4 is 5.73 Å². The summed E-state index contributed by atoms with van der Waals surface area (Å²) in [6.07, 6.45) is 4.56. The Morgan fingerprint density at radius 2 is 2.29 bits per heavy atom. The van der Waals surface area contributed by atoms with Gasteiger partial charge < -0.3 is 5.73 Å². The topological polar surface area (TPSA) is 43.1 Å². The van der Waals surface area contributed by atoms with Crippen LogP contribution in [0.3, 0.4) is 0 Å². The third-order valence-corrected chi connectivity index (χ3v) is 4.04. The van der Waals surface area contributed by atoms with E-state index < -0.39 is 0 Å². The quantitative estimate of drug-likeness (QED) is 0.664. The van der Waals surface area contributed by atoms with Crippen molar-refractivity contribution >= 4 is 33.0 Å². The summed E-state index contributed by atoms with van der Waals surface area (Å²) in [6, 6.07) is 0.0429. The second kappa shape index (κ2) is 3.96. The van der Waals surface area contributed by atoms with Crippen LogP contribution in [-0.2, 0) is 0 Å². The zero-order chi connectivity index (χ0) is 10.1. The van der Waals surface area contributed by atoms with Crippen LogP contribution >= 0.6 is 27.3 Å². The van der Waals surface area contributed by atoms with E-state index in [1.165, 1.54) is 11.3 Å². The number of carbonyl (C=O) groups excluding carboxylic acids is 1. The van der Waals surface area contributed by atoms with Crippen molar-refractivity contribution in [3.8, 4) is 0 Å². The maximum Gasteiger partial charge on any atom is 0.171 e. The van der Waals surface area contributed by atoms with Crippen molar-refractivity contribution in [1.82, 2.24) is 0 Å². The fourth-order valence-electron chi connectivity index (χ4n) is 1.58. The monoisotopic (exact) mass is 271 g/mol. The summed E-state index contributed by atoms with van der Waals surface area (Å²) >= 11 is 4.89. The maximum absolute atomic E-state index is 11.9. The molecule has 2 atom stereocenters. The van der Waals surface area contributed by atoms with Crippen LogP contribution in [0.2, 0.25) is 0 Å². The lowest BCUT2D eigenvalue weighted by Crippen LogP contribution is -2.19. The second-order valence-electron chi connectivity index (χ2n) is 3.39. The lowest BCUT2D eigenvalue weighted by molar-refractivity contribution is 0.0942. The summed E-state index contributed by atoms with van der Waals surface area (Å²) in [4.78, 5) is 11.9. The smallest absolute Gasteiger partial charge is 0.171 e. The van der Waals surface area contributed by atoms with Crippen molar-refractivity contribution in [2.24, 2.45) is 11.7 Å². The SMILES string of the molecule is NC1C=CC(C(=O)c2cscc2Br)C1. The number of thiophene rings is 1. The number of hydrogen-bond acceptors (Lipinski definition) is 3. The summed E-state index contributed by atoms with van der Waals surface area (Å²) in [5.41, 5.74) is 6.48. The Hall–Kier alpha value is -0.450. The van der Waals surface area contributed by atoms with E-state index in [9.17, 15) is 4.79 Å². The first-order valence-corrected chi connectivity index (χ1v) is 6.12. The minimum Gasteiger partial charge on any atom is -0.324 e. The number of hydrogen-bond donors (Lipinski definition) is 1. The van der Waals surface area contributed by atoms with Crippen LogP contribution in [0.5, 0.6) is 0 Å². The maximum atomic E-state index is 11.9. The van der Waals surface area contributed by atoms with Gasteiger partial charge in [-0.05, 0) is 22.4 Å². The molecule has 14 heavy (non-hydrogen) atoms. The van der Waals surface area contributed by atoms with Gasteiger partial charge in [-0.15, -0.1) is 0 Å². The first-order valence-electron chi connectivity index (χ1n) is 4.38. The Bertz CT molecular complexity index is 385. The van der Waals surface area contributed by atoms with E-state index in [-0.39, 0.29) is 17.7 Å². The van der Waals surface area contributed by atoms with Gasteiger partial charge in [-0.2, -0.15) is 11.3 Å². The van der Waals surface area contributed by atoms with Gasteiger partial charge in [-0.1, -0.05) is 12.2 Å². The van der Waals surface area contributed by atoms with Crippen LogP contribution in [0, 0.1) is 5.92 Å². The largest absolute Gasteiger partial charge is 0.324 e. The Morgan fingerprint density at radius 3 is 2.79 bits per heavy atom. The highest BCUT2D eigenvalue weighted by molar-refractivity contribution is 9.10. The standard InChI is InChI=1S/C10H10BrNOS/c11-9-5-14-4-8(9)10(13)6-1-2-7(12)3-6/h1-2,4-7H,3,12H2. The molecule has 2 unspecified atom stereocenters. The van der Waals surface area contributed by atoms with Crippen molar-refractivity contribution in [2.45, 2.75) is 12.5 Å². The molecule has 4 heteroatoms. The lowest BCUT2D eigenvalue weighted by Gasteiger charge is -2.06. The van der Waals surface area contributed by atoms with Gasteiger partial charge in [-0.25, -0.2) is 0 Å². The van der Waals surface area contributed by atoms with Crippen LogP contribution in [0.4, 0.5) is 0 Å². The molecule has 0 radical (unpaired) electrons. The van der Waals surface area contributed by atoms with Gasteiger partial charge in [0, 0.05) is 32.8 Å². The van der Waals surface area contributed by atoms with E-state index >= 15 is 0 Å². The number of allylic oxidation sites excluding steroid dienone is 1. The molecule has 0 spiro atoms. The Balaban J connectivity index is 2.18. The average Bonchev–Trinajstić information content (AvgIpc) is 2.73. The highest BCUT2D eigenvalue weighted by atomic mass is 79.9. The number of halogens is 1. The molecule has 1 aliphatic rings. The van der Waals surface area contributed by atoms with Gasteiger partial charge in [0.05, 0.1) is 0 Å². The fraction of sp³-hybridized carbons (Fsp3) is 0.300. The zero-order valence-corrected chi connectivity index (χ0v) is 9.85. The van der Waals surface area contributed by atoms with Crippen LogP contribution in [-0.4, -0.2) is 11.8 Å². The summed E-state index contributed by atoms with van der Waals surface area (Å²) in [5, 5.41) is 3.80. The molecule has 1 aliphatic carbocycles. The van der Waals surface area contributed by atoms with Crippen molar-refractivity contribution in [2.75, 3.05) is 0 Å². The van der Waals surface area contributed by atoms with Crippen molar-refractivity contribution < 1.29 is 4.79 Å². The molecule has 0 aliphatic heterocycles. The molecule has 0 saturated carbocycles. The molecule has 0 saturated heterocycles. The van der Waals surface area contributed by atoms with Gasteiger partial charge in [-0.3, -0.25) is 4.79 Å². The molecule has 2 nitrogen and oxygen atoms in total. The second-order valence-corrected chi connectivity index (χ2v) is 4.99. The highest BCUT2D eigenvalue weighted by Crippen LogP contribution is 2.28. The predicted molar refractivity (Wildman–Crippen MR) is 61.6 cm³/mol. The van der Waals surface area contributed by atoms with E-state index in [2.05, 4.69) is 15.9 Å². The summed E-state index contributed by atoms with van der Waals surface area (Å²) < 4.78 is 0.890. The third-order valence-electron chi connectivity index (χ3n) is 2.33. The Labute approximate surface area is 94.9 Å². The molecule has 74 valence electrons. The van der Waals surface area contributed by atoms with Gasteiger partial charge >= 0.3 is 0 Å². The summed E-state index contributed by atoms with van der Waals surface area (Å²) in [7, 11) is 0. The first kappa shape index (κ1) is 10.1. The van der Waals surface area contributed by atoms with Crippen molar-refractivity contribution in [1.29, 1.82) is 0 Å². The molecule has 0 fully saturated rings. The minimum atomic E-state index is -0.0316. The molecule has 2 rings (SSSR count). The van der Waals surface area contributed by atoms with Crippen molar-refractivity contribution in [3.05, 3.63) is 32.9 Å². The van der Waals surface area contributed by atoms with E-state index in [1.807, 2.05) is 22.9 Å². The molecule has 0 amide bonds. The molecule has 1 heterocycles. The van der Waals surface area contributed by atoms with E-state index in [4.69, 9.17) is 5.73 Å². The molecule has 0 aromatic carbocycles. The number of carbonyl (C=O) groups is 1.